The third-order valence-electron chi connectivity index (χ3n) is 3.99. The molecule has 2 N–H and O–H groups in total. The number of nitrogens with zero attached hydrogens (tertiary/aromatic N) is 1. The van der Waals surface area contributed by atoms with Gasteiger partial charge >= 0.3 is 0 Å². The fourth-order valence-electron chi connectivity index (χ4n) is 2.69. The van der Waals surface area contributed by atoms with E-state index in [1.807, 2.05) is 0 Å². The second-order valence-electron chi connectivity index (χ2n) is 7.02. The van der Waals surface area contributed by atoms with E-state index >= 15 is 0 Å². The molecule has 3 nitrogen and oxygen atoms in total. The largest absolute Gasteiger partial charge is 0.396 e. The number of hydrogen-bond donors (Lipinski definition) is 2. The molecule has 1 unspecified atom stereocenters. The van der Waals surface area contributed by atoms with E-state index in [1.165, 1.54) is 0 Å². The summed E-state index contributed by atoms with van der Waals surface area (Å²) in [4.78, 5) is 2.33. The normalized spacial score (nSPS) is 19.9. The summed E-state index contributed by atoms with van der Waals surface area (Å²) in [7, 11) is 0. The van der Waals surface area contributed by atoms with Crippen molar-refractivity contribution in [2.24, 2.45) is 5.92 Å². The maximum atomic E-state index is 9.34. The molecule has 1 heterocycles. The fourth-order valence-corrected chi connectivity index (χ4v) is 2.93. The first-order chi connectivity index (χ1) is 9.89. The van der Waals surface area contributed by atoms with Crippen molar-refractivity contribution < 1.29 is 5.11 Å². The summed E-state index contributed by atoms with van der Waals surface area (Å²) >= 11 is 6.43. The molecule has 0 radical (unpaired) electrons. The summed E-state index contributed by atoms with van der Waals surface area (Å²) < 4.78 is 0. The molecule has 1 aliphatic rings. The highest BCUT2D eigenvalue weighted by molar-refractivity contribution is 6.31. The predicted octanol–water partition coefficient (Wildman–Crippen LogP) is 3.44. The number of piperidine rings is 1. The van der Waals surface area contributed by atoms with Crippen molar-refractivity contribution in [3.63, 3.8) is 0 Å². The lowest BCUT2D eigenvalue weighted by molar-refractivity contribution is 0.209. The molecule has 4 heteroatoms. The van der Waals surface area contributed by atoms with Gasteiger partial charge in [-0.15, -0.1) is 0 Å². The molecule has 0 aromatic heterocycles. The zero-order chi connectivity index (χ0) is 15.5. The van der Waals surface area contributed by atoms with Gasteiger partial charge in [0.15, 0.2) is 0 Å². The quantitative estimate of drug-likeness (QED) is 0.894. The molecule has 0 bridgehead atoms. The van der Waals surface area contributed by atoms with Crippen LogP contribution in [0.4, 0.5) is 5.69 Å². The Morgan fingerprint density at radius 3 is 2.76 bits per heavy atom. The van der Waals surface area contributed by atoms with Gasteiger partial charge in [-0.1, -0.05) is 17.7 Å². The maximum absolute atomic E-state index is 9.34. The Morgan fingerprint density at radius 1 is 1.38 bits per heavy atom. The van der Waals surface area contributed by atoms with Crippen molar-refractivity contribution in [1.82, 2.24) is 5.32 Å². The van der Waals surface area contributed by atoms with Gasteiger partial charge in [-0.2, -0.15) is 0 Å². The first-order valence-electron chi connectivity index (χ1n) is 7.78. The van der Waals surface area contributed by atoms with Gasteiger partial charge in [-0.3, -0.25) is 0 Å². The molecule has 0 spiro atoms. The number of halogens is 1. The van der Waals surface area contributed by atoms with Crippen LogP contribution in [0, 0.1) is 5.92 Å². The van der Waals surface area contributed by atoms with Crippen LogP contribution >= 0.6 is 11.6 Å². The van der Waals surface area contributed by atoms with Gasteiger partial charge in [0.05, 0.1) is 0 Å². The molecule has 21 heavy (non-hydrogen) atoms. The van der Waals surface area contributed by atoms with Crippen molar-refractivity contribution in [2.45, 2.75) is 45.7 Å². The van der Waals surface area contributed by atoms with E-state index in [1.54, 1.807) is 0 Å². The van der Waals surface area contributed by atoms with E-state index in [-0.39, 0.29) is 12.1 Å². The van der Waals surface area contributed by atoms with Crippen molar-refractivity contribution >= 4 is 17.3 Å². The molecular formula is C17H27ClN2O. The molecular weight excluding hydrogens is 284 g/mol. The highest BCUT2D eigenvalue weighted by Crippen LogP contribution is 2.27. The van der Waals surface area contributed by atoms with Crippen LogP contribution in [-0.2, 0) is 6.54 Å². The molecule has 1 atom stereocenters. The van der Waals surface area contributed by atoms with E-state index < -0.39 is 0 Å². The Hall–Kier alpha value is -0.770. The summed E-state index contributed by atoms with van der Waals surface area (Å²) in [6.07, 6.45) is 2.25. The Labute approximate surface area is 133 Å². The average molecular weight is 311 g/mol. The zero-order valence-corrected chi connectivity index (χ0v) is 14.1. The first kappa shape index (κ1) is 16.6. The number of rotatable bonds is 4. The number of aliphatic hydroxyl groups is 1. The zero-order valence-electron chi connectivity index (χ0n) is 13.3. The molecule has 1 aromatic carbocycles. The van der Waals surface area contributed by atoms with E-state index in [0.717, 1.165) is 48.7 Å². The number of benzene rings is 1. The van der Waals surface area contributed by atoms with Crippen molar-refractivity contribution in [3.05, 3.63) is 28.8 Å². The minimum atomic E-state index is 0.0865. The standard InChI is InChI=1S/C17H27ClN2O/c1-17(2,3)19-10-14-6-7-15(9-16(14)18)20-8-4-5-13(11-20)12-21/h6-7,9,13,19,21H,4-5,8,10-12H2,1-3H3. The van der Waals surface area contributed by atoms with E-state index in [2.05, 4.69) is 49.2 Å². The molecule has 1 aromatic rings. The minimum absolute atomic E-state index is 0.0865. The minimum Gasteiger partial charge on any atom is -0.396 e. The topological polar surface area (TPSA) is 35.5 Å². The molecule has 0 amide bonds. The summed E-state index contributed by atoms with van der Waals surface area (Å²) in [5, 5.41) is 13.6. The van der Waals surface area contributed by atoms with E-state index in [0.29, 0.717) is 5.92 Å². The third-order valence-corrected chi connectivity index (χ3v) is 4.34. The van der Waals surface area contributed by atoms with Gasteiger partial charge in [-0.05, 0) is 57.2 Å². The first-order valence-corrected chi connectivity index (χ1v) is 8.16. The summed E-state index contributed by atoms with van der Waals surface area (Å²) in [5.41, 5.74) is 2.38. The number of nitrogens with one attached hydrogen (secondary N) is 1. The molecule has 1 aliphatic heterocycles. The second kappa shape index (κ2) is 6.99. The molecule has 118 valence electrons. The third kappa shape index (κ3) is 4.87. The lowest BCUT2D eigenvalue weighted by atomic mass is 9.98. The fraction of sp³-hybridized carbons (Fsp3) is 0.647. The molecule has 2 rings (SSSR count). The van der Waals surface area contributed by atoms with Crippen molar-refractivity contribution in [1.29, 1.82) is 0 Å². The lowest BCUT2D eigenvalue weighted by Crippen LogP contribution is -2.37. The molecule has 0 aliphatic carbocycles. The second-order valence-corrected chi connectivity index (χ2v) is 7.42. The van der Waals surface area contributed by atoms with Gasteiger partial charge in [0.1, 0.15) is 0 Å². The van der Waals surface area contributed by atoms with Crippen LogP contribution in [0.5, 0.6) is 0 Å². The van der Waals surface area contributed by atoms with Gasteiger partial charge in [-0.25, -0.2) is 0 Å². The SMILES string of the molecule is CC(C)(C)NCc1ccc(N2CCCC(CO)C2)cc1Cl. The van der Waals surface area contributed by atoms with Crippen LogP contribution in [-0.4, -0.2) is 30.3 Å². The Morgan fingerprint density at radius 2 is 2.14 bits per heavy atom. The Bertz CT molecular complexity index is 470. The average Bonchev–Trinajstić information content (AvgIpc) is 2.45. The van der Waals surface area contributed by atoms with Crippen molar-refractivity contribution in [2.75, 3.05) is 24.6 Å². The van der Waals surface area contributed by atoms with Crippen LogP contribution in [0.1, 0.15) is 39.2 Å². The van der Waals surface area contributed by atoms with Crippen LogP contribution in [0.2, 0.25) is 5.02 Å². The summed E-state index contributed by atoms with van der Waals surface area (Å²) in [5.74, 6) is 0.389. The number of anilines is 1. The van der Waals surface area contributed by atoms with Crippen LogP contribution in [0.3, 0.4) is 0 Å². The summed E-state index contributed by atoms with van der Waals surface area (Å²) in [6.45, 7) is 9.48. The Balaban J connectivity index is 2.04. The lowest BCUT2D eigenvalue weighted by Gasteiger charge is -2.34. The van der Waals surface area contributed by atoms with Gasteiger partial charge < -0.3 is 15.3 Å². The summed E-state index contributed by atoms with van der Waals surface area (Å²) in [6, 6.07) is 6.31. The van der Waals surface area contributed by atoms with E-state index in [9.17, 15) is 5.11 Å². The maximum Gasteiger partial charge on any atom is 0.0476 e. The monoisotopic (exact) mass is 310 g/mol. The van der Waals surface area contributed by atoms with Gasteiger partial charge in [0, 0.05) is 42.5 Å². The van der Waals surface area contributed by atoms with Crippen molar-refractivity contribution in [3.8, 4) is 0 Å². The van der Waals surface area contributed by atoms with Crippen LogP contribution in [0.15, 0.2) is 18.2 Å². The predicted molar refractivity (Wildman–Crippen MR) is 90.1 cm³/mol. The highest BCUT2D eigenvalue weighted by atomic mass is 35.5. The smallest absolute Gasteiger partial charge is 0.0476 e. The van der Waals surface area contributed by atoms with Gasteiger partial charge in [0.2, 0.25) is 0 Å². The Kier molecular flexibility index (Phi) is 5.53. The molecule has 0 saturated carbocycles. The van der Waals surface area contributed by atoms with E-state index in [4.69, 9.17) is 11.6 Å². The molecule has 1 saturated heterocycles. The molecule has 1 fully saturated rings. The number of aliphatic hydroxyl groups excluding tert-OH is 1. The van der Waals surface area contributed by atoms with Crippen LogP contribution in [0.25, 0.3) is 0 Å². The van der Waals surface area contributed by atoms with Gasteiger partial charge in [0.25, 0.3) is 0 Å². The number of hydrogen-bond acceptors (Lipinski definition) is 3. The van der Waals surface area contributed by atoms with Crippen LogP contribution < -0.4 is 10.2 Å². The highest BCUT2D eigenvalue weighted by Gasteiger charge is 2.20.